The molecule has 0 saturated heterocycles. The summed E-state index contributed by atoms with van der Waals surface area (Å²) in [4.78, 5) is 14.5. The van der Waals surface area contributed by atoms with Gasteiger partial charge >= 0.3 is 0 Å². The zero-order chi connectivity index (χ0) is 13.9. The Morgan fingerprint density at radius 3 is 2.65 bits per heavy atom. The van der Waals surface area contributed by atoms with Gasteiger partial charge in [-0.2, -0.15) is 0 Å². The van der Waals surface area contributed by atoms with Crippen LogP contribution in [0.5, 0.6) is 0 Å². The van der Waals surface area contributed by atoms with E-state index in [2.05, 4.69) is 27.6 Å². The van der Waals surface area contributed by atoms with Crippen LogP contribution in [0.15, 0.2) is 29.9 Å². The average Bonchev–Trinajstić information content (AvgIpc) is 3.14. The highest BCUT2D eigenvalue weighted by atomic mass is 32.1. The van der Waals surface area contributed by atoms with Crippen LogP contribution >= 0.6 is 22.7 Å². The number of hydrogen-bond acceptors (Lipinski definition) is 6. The van der Waals surface area contributed by atoms with Crippen molar-refractivity contribution in [2.45, 2.75) is 13.3 Å². The molecule has 0 radical (unpaired) electrons. The number of nitrogens with one attached hydrogen (secondary N) is 1. The van der Waals surface area contributed by atoms with Gasteiger partial charge in [-0.1, -0.05) is 6.92 Å². The first-order chi connectivity index (χ1) is 9.81. The van der Waals surface area contributed by atoms with Crippen LogP contribution < -0.4 is 5.32 Å². The fraction of sp³-hybridized carbons (Fsp3) is 0.214. The van der Waals surface area contributed by atoms with Gasteiger partial charge in [0.15, 0.2) is 5.13 Å². The number of rotatable bonds is 4. The number of hydrogen-bond donors (Lipinski definition) is 1. The normalized spacial score (nSPS) is 10.7. The molecule has 1 N–H and O–H groups in total. The van der Waals surface area contributed by atoms with Crippen molar-refractivity contribution in [3.63, 3.8) is 0 Å². The van der Waals surface area contributed by atoms with Crippen LogP contribution in [0.25, 0.3) is 21.1 Å². The summed E-state index contributed by atoms with van der Waals surface area (Å²) in [6.07, 6.45) is 4.50. The Labute approximate surface area is 125 Å². The number of thiazole rings is 2. The van der Waals surface area contributed by atoms with E-state index in [1.807, 2.05) is 19.2 Å². The van der Waals surface area contributed by atoms with Gasteiger partial charge in [-0.25, -0.2) is 9.97 Å². The Morgan fingerprint density at radius 2 is 2.00 bits per heavy atom. The minimum Gasteiger partial charge on any atom is -0.365 e. The largest absolute Gasteiger partial charge is 0.365 e. The van der Waals surface area contributed by atoms with Gasteiger partial charge in [-0.3, -0.25) is 4.98 Å². The maximum absolute atomic E-state index is 4.75. The maximum atomic E-state index is 4.75. The van der Waals surface area contributed by atoms with Crippen molar-refractivity contribution in [1.29, 1.82) is 0 Å². The first kappa shape index (κ1) is 13.2. The Morgan fingerprint density at radius 1 is 1.20 bits per heavy atom. The quantitative estimate of drug-likeness (QED) is 0.793. The van der Waals surface area contributed by atoms with Crippen molar-refractivity contribution in [1.82, 2.24) is 15.0 Å². The molecule has 3 heterocycles. The first-order valence-corrected chi connectivity index (χ1v) is 8.05. The van der Waals surface area contributed by atoms with E-state index < -0.39 is 0 Å². The smallest absolute Gasteiger partial charge is 0.182 e. The molecule has 0 bridgehead atoms. The third kappa shape index (κ3) is 2.44. The molecule has 0 aliphatic heterocycles. The fourth-order valence-corrected chi connectivity index (χ4v) is 3.76. The summed E-state index contributed by atoms with van der Waals surface area (Å²) >= 11 is 3.31. The predicted molar refractivity (Wildman–Crippen MR) is 85.4 cm³/mol. The maximum Gasteiger partial charge on any atom is 0.182 e. The number of nitrogens with zero attached hydrogens (tertiary/aromatic N) is 3. The van der Waals surface area contributed by atoms with Crippen molar-refractivity contribution >= 4 is 27.8 Å². The van der Waals surface area contributed by atoms with E-state index >= 15 is 0 Å². The van der Waals surface area contributed by atoms with Gasteiger partial charge in [0, 0.05) is 30.4 Å². The standard InChI is InChI=1S/C14H14N4S2/c1-3-10-12(11-8-19-14(15-2)18-11)20-13(17-10)9-4-6-16-7-5-9/h4-8H,3H2,1-2H3,(H,15,18). The van der Waals surface area contributed by atoms with E-state index in [1.165, 1.54) is 0 Å². The highest BCUT2D eigenvalue weighted by Crippen LogP contribution is 2.36. The molecule has 0 unspecified atom stereocenters. The molecular weight excluding hydrogens is 288 g/mol. The molecule has 0 atom stereocenters. The molecule has 3 aromatic rings. The minimum absolute atomic E-state index is 0.906. The number of aromatic nitrogens is 3. The van der Waals surface area contributed by atoms with Gasteiger partial charge in [-0.05, 0) is 18.6 Å². The van der Waals surface area contributed by atoms with Gasteiger partial charge in [0.2, 0.25) is 0 Å². The van der Waals surface area contributed by atoms with E-state index in [1.54, 1.807) is 35.1 Å². The van der Waals surface area contributed by atoms with Gasteiger partial charge in [-0.15, -0.1) is 22.7 Å². The first-order valence-electron chi connectivity index (χ1n) is 6.35. The second-order valence-corrected chi connectivity index (χ2v) is 6.03. The average molecular weight is 302 g/mol. The van der Waals surface area contributed by atoms with Crippen LogP contribution in [0.1, 0.15) is 12.6 Å². The summed E-state index contributed by atoms with van der Waals surface area (Å²) < 4.78 is 0. The van der Waals surface area contributed by atoms with E-state index in [4.69, 9.17) is 4.98 Å². The third-order valence-corrected chi connectivity index (χ3v) is 4.94. The molecule has 3 rings (SSSR count). The molecule has 3 aromatic heterocycles. The van der Waals surface area contributed by atoms with Crippen LogP contribution in [-0.2, 0) is 6.42 Å². The summed E-state index contributed by atoms with van der Waals surface area (Å²) in [7, 11) is 1.89. The highest BCUT2D eigenvalue weighted by Gasteiger charge is 2.15. The van der Waals surface area contributed by atoms with Gasteiger partial charge < -0.3 is 5.32 Å². The van der Waals surface area contributed by atoms with E-state index in [9.17, 15) is 0 Å². The topological polar surface area (TPSA) is 50.7 Å². The molecule has 0 aliphatic rings. The zero-order valence-electron chi connectivity index (χ0n) is 11.3. The van der Waals surface area contributed by atoms with Crippen LogP contribution in [0.2, 0.25) is 0 Å². The molecule has 0 saturated carbocycles. The molecule has 0 aliphatic carbocycles. The van der Waals surface area contributed by atoms with Crippen LogP contribution in [0.3, 0.4) is 0 Å². The minimum atomic E-state index is 0.906. The molecule has 0 fully saturated rings. The SMILES string of the molecule is CCc1nc(-c2ccncc2)sc1-c1csc(NC)n1. The number of aryl methyl sites for hydroxylation is 1. The van der Waals surface area contributed by atoms with Crippen molar-refractivity contribution in [2.75, 3.05) is 12.4 Å². The van der Waals surface area contributed by atoms with Crippen molar-refractivity contribution < 1.29 is 0 Å². The molecule has 0 spiro atoms. The second kappa shape index (κ2) is 5.68. The Bertz CT molecular complexity index is 703. The van der Waals surface area contributed by atoms with Crippen molar-refractivity contribution in [2.24, 2.45) is 0 Å². The van der Waals surface area contributed by atoms with Gasteiger partial charge in [0.05, 0.1) is 16.3 Å². The Kier molecular flexibility index (Phi) is 3.75. The lowest BCUT2D eigenvalue weighted by molar-refractivity contribution is 1.06. The predicted octanol–water partition coefficient (Wildman–Crippen LogP) is 3.93. The molecule has 0 amide bonds. The Hall–Kier alpha value is -1.79. The van der Waals surface area contributed by atoms with Gasteiger partial charge in [0.25, 0.3) is 0 Å². The lowest BCUT2D eigenvalue weighted by Crippen LogP contribution is -1.87. The third-order valence-electron chi connectivity index (χ3n) is 2.91. The monoisotopic (exact) mass is 302 g/mol. The molecule has 102 valence electrons. The molecule has 0 aromatic carbocycles. The molecule has 4 nitrogen and oxygen atoms in total. The highest BCUT2D eigenvalue weighted by molar-refractivity contribution is 7.19. The number of pyridine rings is 1. The summed E-state index contributed by atoms with van der Waals surface area (Å²) in [6, 6.07) is 3.98. The summed E-state index contributed by atoms with van der Waals surface area (Å²) in [5.41, 5.74) is 3.22. The lowest BCUT2D eigenvalue weighted by atomic mass is 10.2. The van der Waals surface area contributed by atoms with Crippen LogP contribution in [0, 0.1) is 0 Å². The molecule has 6 heteroatoms. The van der Waals surface area contributed by atoms with E-state index in [-0.39, 0.29) is 0 Å². The summed E-state index contributed by atoms with van der Waals surface area (Å²) in [6.45, 7) is 2.13. The Balaban J connectivity index is 2.05. The van der Waals surface area contributed by atoms with Crippen LogP contribution in [-0.4, -0.2) is 22.0 Å². The number of anilines is 1. The molecule has 20 heavy (non-hydrogen) atoms. The fourth-order valence-electron chi connectivity index (χ4n) is 1.90. The van der Waals surface area contributed by atoms with Crippen molar-refractivity contribution in [3.05, 3.63) is 35.6 Å². The van der Waals surface area contributed by atoms with Crippen molar-refractivity contribution in [3.8, 4) is 21.1 Å². The second-order valence-electron chi connectivity index (χ2n) is 4.17. The van der Waals surface area contributed by atoms with E-state index in [0.29, 0.717) is 0 Å². The summed E-state index contributed by atoms with van der Waals surface area (Å²) in [5.74, 6) is 0. The lowest BCUT2D eigenvalue weighted by Gasteiger charge is -1.94. The van der Waals surface area contributed by atoms with Crippen LogP contribution in [0.4, 0.5) is 5.13 Å². The van der Waals surface area contributed by atoms with E-state index in [0.717, 1.165) is 38.4 Å². The zero-order valence-corrected chi connectivity index (χ0v) is 12.9. The molecular formula is C14H14N4S2. The van der Waals surface area contributed by atoms with Gasteiger partial charge in [0.1, 0.15) is 5.01 Å². The summed E-state index contributed by atoms with van der Waals surface area (Å²) in [5, 5.41) is 7.11.